The summed E-state index contributed by atoms with van der Waals surface area (Å²) >= 11 is 0. The Kier molecular flexibility index (Phi) is 6.34. The largest absolute Gasteiger partial charge is 0.493 e. The van der Waals surface area contributed by atoms with Crippen LogP contribution in [0.2, 0.25) is 0 Å². The molecule has 0 amide bonds. The summed E-state index contributed by atoms with van der Waals surface area (Å²) in [5, 5.41) is 0. The van der Waals surface area contributed by atoms with Gasteiger partial charge in [-0.1, -0.05) is 23.8 Å². The molecule has 2 atom stereocenters. The van der Waals surface area contributed by atoms with Crippen molar-refractivity contribution in [1.82, 2.24) is 4.90 Å². The number of methoxy groups -OCH3 is 2. The molecule has 0 aliphatic carbocycles. The van der Waals surface area contributed by atoms with Gasteiger partial charge in [0.25, 0.3) is 0 Å². The molecule has 2 saturated heterocycles. The van der Waals surface area contributed by atoms with Crippen molar-refractivity contribution in [2.45, 2.75) is 36.9 Å². The summed E-state index contributed by atoms with van der Waals surface area (Å²) in [6.07, 6.45) is 1.12. The maximum absolute atomic E-state index is 12.6. The van der Waals surface area contributed by atoms with Gasteiger partial charge in [-0.05, 0) is 67.4 Å². The van der Waals surface area contributed by atoms with Crippen LogP contribution >= 0.6 is 0 Å². The van der Waals surface area contributed by atoms with Crippen molar-refractivity contribution in [1.29, 1.82) is 0 Å². The lowest BCUT2D eigenvalue weighted by Crippen LogP contribution is -2.46. The number of piperazine rings is 1. The number of aryl methyl sites for hydroxylation is 1. The Hall–Kier alpha value is -3.23. The molecule has 0 aromatic heterocycles. The van der Waals surface area contributed by atoms with Gasteiger partial charge in [0.1, 0.15) is 10.6 Å². The fraction of sp³-hybridized carbons (Fsp3) is 0.333. The number of likely N-dealkylation sites (tertiary alicyclic amines) is 1. The lowest BCUT2D eigenvalue weighted by molar-refractivity contribution is 0.230. The van der Waals surface area contributed by atoms with Crippen molar-refractivity contribution in [3.8, 4) is 17.2 Å². The number of benzene rings is 3. The van der Waals surface area contributed by atoms with Gasteiger partial charge in [0.2, 0.25) is 0 Å². The van der Waals surface area contributed by atoms with Gasteiger partial charge < -0.3 is 18.6 Å². The zero-order chi connectivity index (χ0) is 24.6. The molecule has 2 aliphatic heterocycles. The van der Waals surface area contributed by atoms with E-state index in [0.29, 0.717) is 17.8 Å². The molecule has 3 aromatic carbocycles. The molecule has 2 fully saturated rings. The van der Waals surface area contributed by atoms with Crippen molar-refractivity contribution < 1.29 is 22.1 Å². The Morgan fingerprint density at radius 2 is 1.57 bits per heavy atom. The topological polar surface area (TPSA) is 68.3 Å². The first-order valence-electron chi connectivity index (χ1n) is 11.7. The SMILES string of the molecule is COc1ccc(CN2C[C@@H]3C[C@H]2CN3c2ccc(OS(=O)(=O)c3ccc(C)cc3)cc2)cc1OC. The quantitative estimate of drug-likeness (QED) is 0.434. The Morgan fingerprint density at radius 1 is 0.857 bits per heavy atom. The van der Waals surface area contributed by atoms with Crippen LogP contribution in [0.5, 0.6) is 17.2 Å². The maximum atomic E-state index is 12.6. The molecule has 2 heterocycles. The molecule has 0 unspecified atom stereocenters. The summed E-state index contributed by atoms with van der Waals surface area (Å²) < 4.78 is 41.3. The van der Waals surface area contributed by atoms with Crippen LogP contribution in [-0.4, -0.2) is 52.7 Å². The van der Waals surface area contributed by atoms with Crippen LogP contribution in [-0.2, 0) is 16.7 Å². The first-order chi connectivity index (χ1) is 16.9. The van der Waals surface area contributed by atoms with Gasteiger partial charge in [0.15, 0.2) is 11.5 Å². The first-order valence-corrected chi connectivity index (χ1v) is 13.1. The van der Waals surface area contributed by atoms with E-state index >= 15 is 0 Å². The zero-order valence-electron chi connectivity index (χ0n) is 20.2. The predicted octanol–water partition coefficient (Wildman–Crippen LogP) is 4.24. The van der Waals surface area contributed by atoms with Crippen LogP contribution in [0.25, 0.3) is 0 Å². The number of hydrogen-bond donors (Lipinski definition) is 0. The summed E-state index contributed by atoms with van der Waals surface area (Å²) in [6.45, 7) is 4.72. The smallest absolute Gasteiger partial charge is 0.339 e. The van der Waals surface area contributed by atoms with Crippen molar-refractivity contribution >= 4 is 15.8 Å². The van der Waals surface area contributed by atoms with E-state index in [2.05, 4.69) is 15.9 Å². The molecule has 35 heavy (non-hydrogen) atoms. The molecule has 2 bridgehead atoms. The van der Waals surface area contributed by atoms with E-state index < -0.39 is 10.1 Å². The lowest BCUT2D eigenvalue weighted by Gasteiger charge is -2.35. The minimum Gasteiger partial charge on any atom is -0.493 e. The Balaban J connectivity index is 1.21. The number of anilines is 1. The monoisotopic (exact) mass is 494 g/mol. The zero-order valence-corrected chi connectivity index (χ0v) is 21.0. The number of rotatable bonds is 8. The van der Waals surface area contributed by atoms with Crippen LogP contribution in [0.15, 0.2) is 71.6 Å². The predicted molar refractivity (Wildman–Crippen MR) is 135 cm³/mol. The summed E-state index contributed by atoms with van der Waals surface area (Å²) in [6, 6.07) is 21.0. The van der Waals surface area contributed by atoms with E-state index in [0.717, 1.165) is 48.8 Å². The molecule has 0 spiro atoms. The highest BCUT2D eigenvalue weighted by molar-refractivity contribution is 7.87. The fourth-order valence-corrected chi connectivity index (χ4v) is 5.98. The molecule has 8 heteroatoms. The second-order valence-electron chi connectivity index (χ2n) is 9.16. The van der Waals surface area contributed by atoms with Crippen LogP contribution in [0, 0.1) is 6.92 Å². The molecule has 184 valence electrons. The third kappa shape index (κ3) is 4.81. The minimum atomic E-state index is -3.85. The minimum absolute atomic E-state index is 0.151. The molecule has 3 aromatic rings. The van der Waals surface area contributed by atoms with Crippen LogP contribution in [0.1, 0.15) is 17.5 Å². The van der Waals surface area contributed by atoms with Gasteiger partial charge in [-0.15, -0.1) is 0 Å². The maximum Gasteiger partial charge on any atom is 0.339 e. The number of fused-ring (bicyclic) bond motifs is 2. The van der Waals surface area contributed by atoms with E-state index in [1.165, 1.54) is 5.56 Å². The van der Waals surface area contributed by atoms with Gasteiger partial charge in [0.05, 0.1) is 14.2 Å². The normalized spacial score (nSPS) is 19.7. The van der Waals surface area contributed by atoms with E-state index in [4.69, 9.17) is 13.7 Å². The Labute approximate surface area is 207 Å². The molecule has 0 radical (unpaired) electrons. The van der Waals surface area contributed by atoms with Crippen LogP contribution in [0.4, 0.5) is 5.69 Å². The summed E-state index contributed by atoms with van der Waals surface area (Å²) in [4.78, 5) is 5.08. The van der Waals surface area contributed by atoms with Gasteiger partial charge in [-0.25, -0.2) is 0 Å². The Bertz CT molecular complexity index is 1290. The van der Waals surface area contributed by atoms with Gasteiger partial charge >= 0.3 is 10.1 Å². The number of ether oxygens (including phenoxy) is 2. The molecule has 7 nitrogen and oxygen atoms in total. The van der Waals surface area contributed by atoms with E-state index in [1.54, 1.807) is 50.6 Å². The summed E-state index contributed by atoms with van der Waals surface area (Å²) in [5.41, 5.74) is 3.29. The highest BCUT2D eigenvalue weighted by Gasteiger charge is 2.43. The lowest BCUT2D eigenvalue weighted by atomic mass is 10.1. The van der Waals surface area contributed by atoms with Crippen molar-refractivity contribution in [2.75, 3.05) is 32.2 Å². The summed E-state index contributed by atoms with van der Waals surface area (Å²) in [7, 11) is -0.550. The van der Waals surface area contributed by atoms with E-state index in [1.807, 2.05) is 31.2 Å². The van der Waals surface area contributed by atoms with Gasteiger partial charge in [0, 0.05) is 37.4 Å². The van der Waals surface area contributed by atoms with Crippen molar-refractivity contribution in [2.24, 2.45) is 0 Å². The van der Waals surface area contributed by atoms with Crippen molar-refractivity contribution in [3.63, 3.8) is 0 Å². The fourth-order valence-electron chi connectivity index (χ4n) is 5.05. The molecule has 0 N–H and O–H groups in total. The number of hydrogen-bond acceptors (Lipinski definition) is 7. The van der Waals surface area contributed by atoms with Crippen LogP contribution < -0.4 is 18.6 Å². The molecule has 2 aliphatic rings. The van der Waals surface area contributed by atoms with E-state index in [9.17, 15) is 8.42 Å². The number of nitrogens with zero attached hydrogens (tertiary/aromatic N) is 2. The highest BCUT2D eigenvalue weighted by atomic mass is 32.2. The standard InChI is InChI=1S/C27H30N2O5S/c1-19-4-11-25(12-5-19)35(30,31)34-24-9-7-21(8-10-24)29-18-22-15-23(29)17-28(22)16-20-6-13-26(32-2)27(14-20)33-3/h4-14,22-23H,15-18H2,1-3H3/t22-,23-/m0/s1. The molecule has 5 rings (SSSR count). The first kappa shape index (κ1) is 23.5. The Morgan fingerprint density at radius 3 is 2.20 bits per heavy atom. The second kappa shape index (κ2) is 9.43. The molecular formula is C27H30N2O5S. The molecular weight excluding hydrogens is 464 g/mol. The average molecular weight is 495 g/mol. The van der Waals surface area contributed by atoms with Crippen molar-refractivity contribution in [3.05, 3.63) is 77.9 Å². The third-order valence-electron chi connectivity index (χ3n) is 6.87. The highest BCUT2D eigenvalue weighted by Crippen LogP contribution is 2.37. The average Bonchev–Trinajstić information content (AvgIpc) is 3.45. The van der Waals surface area contributed by atoms with Gasteiger partial charge in [-0.2, -0.15) is 8.42 Å². The molecule has 0 saturated carbocycles. The van der Waals surface area contributed by atoms with Gasteiger partial charge in [-0.3, -0.25) is 4.90 Å². The third-order valence-corrected chi connectivity index (χ3v) is 8.13. The van der Waals surface area contributed by atoms with E-state index in [-0.39, 0.29) is 4.90 Å². The summed E-state index contributed by atoms with van der Waals surface area (Å²) in [5.74, 6) is 1.81. The second-order valence-corrected chi connectivity index (χ2v) is 10.7. The van der Waals surface area contributed by atoms with Crippen LogP contribution in [0.3, 0.4) is 0 Å².